The van der Waals surface area contributed by atoms with E-state index in [1.165, 1.54) is 0 Å². The first-order valence-electron chi connectivity index (χ1n) is 8.48. The van der Waals surface area contributed by atoms with E-state index in [4.69, 9.17) is 4.74 Å². The third kappa shape index (κ3) is 3.88. The van der Waals surface area contributed by atoms with Crippen molar-refractivity contribution in [2.75, 3.05) is 19.8 Å². The van der Waals surface area contributed by atoms with Crippen LogP contribution >= 0.6 is 0 Å². The molecule has 1 aliphatic heterocycles. The van der Waals surface area contributed by atoms with E-state index in [9.17, 15) is 4.79 Å². The number of ether oxygens (including phenoxy) is 1. The Morgan fingerprint density at radius 2 is 2.26 bits per heavy atom. The van der Waals surface area contributed by atoms with Crippen LogP contribution in [0, 0.1) is 5.92 Å². The molecule has 0 unspecified atom stereocenters. The molecule has 0 saturated carbocycles. The molecule has 1 aromatic heterocycles. The SMILES string of the molecule is CCCCN(Cc1cnc2ccccc2c1)C(=O)[C@@H]1CCOC1. The Morgan fingerprint density at radius 3 is 3.04 bits per heavy atom. The molecule has 4 heteroatoms. The number of hydrogen-bond donors (Lipinski definition) is 0. The number of fused-ring (bicyclic) bond motifs is 1. The summed E-state index contributed by atoms with van der Waals surface area (Å²) >= 11 is 0. The maximum atomic E-state index is 12.7. The molecule has 1 saturated heterocycles. The highest BCUT2D eigenvalue weighted by atomic mass is 16.5. The largest absolute Gasteiger partial charge is 0.381 e. The second kappa shape index (κ2) is 7.55. The van der Waals surface area contributed by atoms with E-state index in [2.05, 4.69) is 24.0 Å². The summed E-state index contributed by atoms with van der Waals surface area (Å²) < 4.78 is 5.38. The summed E-state index contributed by atoms with van der Waals surface area (Å²) in [6.45, 7) is 4.86. The lowest BCUT2D eigenvalue weighted by Gasteiger charge is -2.25. The molecular formula is C19H24N2O2. The first kappa shape index (κ1) is 15.9. The fourth-order valence-electron chi connectivity index (χ4n) is 3.03. The van der Waals surface area contributed by atoms with Crippen LogP contribution in [0.2, 0.25) is 0 Å². The molecule has 1 aliphatic rings. The van der Waals surface area contributed by atoms with Crippen molar-refractivity contribution in [2.24, 2.45) is 5.92 Å². The smallest absolute Gasteiger partial charge is 0.228 e. The number of nitrogens with zero attached hydrogens (tertiary/aromatic N) is 2. The van der Waals surface area contributed by atoms with Crippen LogP contribution in [0.5, 0.6) is 0 Å². The summed E-state index contributed by atoms with van der Waals surface area (Å²) in [5.41, 5.74) is 2.08. The van der Waals surface area contributed by atoms with Gasteiger partial charge in [0.1, 0.15) is 0 Å². The number of hydrogen-bond acceptors (Lipinski definition) is 3. The van der Waals surface area contributed by atoms with Gasteiger partial charge in [-0.05, 0) is 30.5 Å². The molecule has 1 fully saturated rings. The van der Waals surface area contributed by atoms with Gasteiger partial charge in [0.25, 0.3) is 0 Å². The van der Waals surface area contributed by atoms with E-state index < -0.39 is 0 Å². The maximum absolute atomic E-state index is 12.7. The highest BCUT2D eigenvalue weighted by Crippen LogP contribution is 2.19. The molecule has 2 aromatic rings. The number of carbonyl (C=O) groups excluding carboxylic acids is 1. The Balaban J connectivity index is 1.76. The summed E-state index contributed by atoms with van der Waals surface area (Å²) in [7, 11) is 0. The van der Waals surface area contributed by atoms with Gasteiger partial charge in [0.15, 0.2) is 0 Å². The molecule has 23 heavy (non-hydrogen) atoms. The standard InChI is InChI=1S/C19H24N2O2/c1-2-3-9-21(19(22)17-8-10-23-14-17)13-15-11-16-6-4-5-7-18(16)20-12-15/h4-7,11-12,17H,2-3,8-10,13-14H2,1H3/t17-/m1/s1. The lowest BCUT2D eigenvalue weighted by molar-refractivity contribution is -0.136. The van der Waals surface area contributed by atoms with Gasteiger partial charge < -0.3 is 9.64 Å². The van der Waals surface area contributed by atoms with E-state index in [0.717, 1.165) is 42.3 Å². The van der Waals surface area contributed by atoms with E-state index >= 15 is 0 Å². The number of para-hydroxylation sites is 1. The van der Waals surface area contributed by atoms with Gasteiger partial charge in [0, 0.05) is 31.3 Å². The third-order valence-corrected chi connectivity index (χ3v) is 4.39. The zero-order valence-electron chi connectivity index (χ0n) is 13.7. The van der Waals surface area contributed by atoms with Crippen LogP contribution in [0.25, 0.3) is 10.9 Å². The van der Waals surface area contributed by atoms with Gasteiger partial charge in [-0.1, -0.05) is 31.5 Å². The fourth-order valence-corrected chi connectivity index (χ4v) is 3.03. The molecular weight excluding hydrogens is 288 g/mol. The van der Waals surface area contributed by atoms with Crippen LogP contribution in [-0.4, -0.2) is 35.5 Å². The summed E-state index contributed by atoms with van der Waals surface area (Å²) in [6.07, 6.45) is 4.85. The molecule has 1 amide bonds. The van der Waals surface area contributed by atoms with Gasteiger partial charge in [-0.3, -0.25) is 9.78 Å². The average molecular weight is 312 g/mol. The molecule has 0 bridgehead atoms. The Hall–Kier alpha value is -1.94. The summed E-state index contributed by atoms with van der Waals surface area (Å²) in [4.78, 5) is 19.2. The third-order valence-electron chi connectivity index (χ3n) is 4.39. The normalized spacial score (nSPS) is 17.5. The van der Waals surface area contributed by atoms with Crippen LogP contribution in [0.4, 0.5) is 0 Å². The second-order valence-corrected chi connectivity index (χ2v) is 6.21. The zero-order valence-corrected chi connectivity index (χ0v) is 13.7. The molecule has 3 rings (SSSR count). The molecule has 0 radical (unpaired) electrons. The molecule has 1 aromatic carbocycles. The van der Waals surface area contributed by atoms with Gasteiger partial charge in [-0.2, -0.15) is 0 Å². The molecule has 2 heterocycles. The van der Waals surface area contributed by atoms with Crippen LogP contribution in [-0.2, 0) is 16.1 Å². The summed E-state index contributed by atoms with van der Waals surface area (Å²) in [6, 6.07) is 10.2. The Labute approximate surface area is 137 Å². The predicted octanol–water partition coefficient (Wildman–Crippen LogP) is 3.40. The number of aromatic nitrogens is 1. The number of benzene rings is 1. The van der Waals surface area contributed by atoms with Crippen LogP contribution < -0.4 is 0 Å². The van der Waals surface area contributed by atoms with Gasteiger partial charge in [-0.25, -0.2) is 0 Å². The minimum Gasteiger partial charge on any atom is -0.381 e. The van der Waals surface area contributed by atoms with Crippen molar-refractivity contribution in [3.05, 3.63) is 42.1 Å². The van der Waals surface area contributed by atoms with E-state index in [1.807, 2.05) is 29.3 Å². The minimum atomic E-state index is 0.0280. The molecule has 0 spiro atoms. The first-order chi connectivity index (χ1) is 11.3. The topological polar surface area (TPSA) is 42.4 Å². The van der Waals surface area contributed by atoms with Gasteiger partial charge in [-0.15, -0.1) is 0 Å². The Morgan fingerprint density at radius 1 is 1.39 bits per heavy atom. The minimum absolute atomic E-state index is 0.0280. The number of carbonyl (C=O) groups is 1. The number of pyridine rings is 1. The van der Waals surface area contributed by atoms with E-state index in [0.29, 0.717) is 19.8 Å². The van der Waals surface area contributed by atoms with Crippen molar-refractivity contribution < 1.29 is 9.53 Å². The second-order valence-electron chi connectivity index (χ2n) is 6.21. The molecule has 0 aliphatic carbocycles. The Kier molecular flexibility index (Phi) is 5.23. The van der Waals surface area contributed by atoms with Gasteiger partial charge >= 0.3 is 0 Å². The van der Waals surface area contributed by atoms with E-state index in [1.54, 1.807) is 0 Å². The number of rotatable bonds is 6. The van der Waals surface area contributed by atoms with Crippen molar-refractivity contribution in [3.63, 3.8) is 0 Å². The molecule has 0 N–H and O–H groups in total. The van der Waals surface area contributed by atoms with Crippen LogP contribution in [0.1, 0.15) is 31.7 Å². The van der Waals surface area contributed by atoms with E-state index in [-0.39, 0.29) is 11.8 Å². The lowest BCUT2D eigenvalue weighted by atomic mass is 10.1. The van der Waals surface area contributed by atoms with Crippen molar-refractivity contribution in [1.82, 2.24) is 9.88 Å². The van der Waals surface area contributed by atoms with Crippen molar-refractivity contribution >= 4 is 16.8 Å². The Bertz CT molecular complexity index is 665. The zero-order chi connectivity index (χ0) is 16.1. The highest BCUT2D eigenvalue weighted by molar-refractivity contribution is 5.80. The quantitative estimate of drug-likeness (QED) is 0.821. The summed E-state index contributed by atoms with van der Waals surface area (Å²) in [5.74, 6) is 0.254. The predicted molar refractivity (Wildman–Crippen MR) is 91.0 cm³/mol. The number of unbranched alkanes of at least 4 members (excludes halogenated alkanes) is 1. The van der Waals surface area contributed by atoms with Gasteiger partial charge in [0.05, 0.1) is 18.0 Å². The molecule has 122 valence electrons. The monoisotopic (exact) mass is 312 g/mol. The molecule has 4 nitrogen and oxygen atoms in total. The van der Waals surface area contributed by atoms with Crippen LogP contribution in [0.3, 0.4) is 0 Å². The van der Waals surface area contributed by atoms with Crippen molar-refractivity contribution in [3.8, 4) is 0 Å². The van der Waals surface area contributed by atoms with Crippen molar-refractivity contribution in [2.45, 2.75) is 32.7 Å². The fraction of sp³-hybridized carbons (Fsp3) is 0.474. The highest BCUT2D eigenvalue weighted by Gasteiger charge is 2.27. The number of amides is 1. The summed E-state index contributed by atoms with van der Waals surface area (Å²) in [5, 5.41) is 1.12. The average Bonchev–Trinajstić information content (AvgIpc) is 3.12. The van der Waals surface area contributed by atoms with Gasteiger partial charge in [0.2, 0.25) is 5.91 Å². The molecule has 1 atom stereocenters. The van der Waals surface area contributed by atoms with Crippen LogP contribution in [0.15, 0.2) is 36.5 Å². The van der Waals surface area contributed by atoms with Crippen molar-refractivity contribution in [1.29, 1.82) is 0 Å². The maximum Gasteiger partial charge on any atom is 0.228 e. The lowest BCUT2D eigenvalue weighted by Crippen LogP contribution is -2.36. The first-order valence-corrected chi connectivity index (χ1v) is 8.48.